The number of carbonyl (C=O) groups excluding carboxylic acids is 1. The van der Waals surface area contributed by atoms with Crippen molar-refractivity contribution in [3.63, 3.8) is 0 Å². The van der Waals surface area contributed by atoms with Gasteiger partial charge in [-0.05, 0) is 26.3 Å². The molecule has 29 heavy (non-hydrogen) atoms. The SMILES string of the molecule is CCCOc1c(OCC)cc(/C=N\Nc2nc(C)c(C(=O)OC)s2)cc1[N+](=O)[O-]. The van der Waals surface area contributed by atoms with Gasteiger partial charge in [0.15, 0.2) is 5.75 Å². The van der Waals surface area contributed by atoms with E-state index in [0.29, 0.717) is 40.9 Å². The fraction of sp³-hybridized carbons (Fsp3) is 0.389. The first-order valence-corrected chi connectivity index (χ1v) is 9.65. The molecule has 0 amide bonds. The van der Waals surface area contributed by atoms with Crippen LogP contribution in [0.5, 0.6) is 11.5 Å². The summed E-state index contributed by atoms with van der Waals surface area (Å²) in [6, 6.07) is 2.96. The summed E-state index contributed by atoms with van der Waals surface area (Å²) in [6.45, 7) is 6.03. The van der Waals surface area contributed by atoms with Crippen molar-refractivity contribution < 1.29 is 23.9 Å². The highest BCUT2D eigenvalue weighted by molar-refractivity contribution is 7.17. The Hall–Kier alpha value is -3.21. The van der Waals surface area contributed by atoms with E-state index in [4.69, 9.17) is 14.2 Å². The molecular weight excluding hydrogens is 400 g/mol. The number of nitro groups is 1. The highest BCUT2D eigenvalue weighted by Gasteiger charge is 2.22. The first kappa shape index (κ1) is 22.1. The highest BCUT2D eigenvalue weighted by Crippen LogP contribution is 2.38. The van der Waals surface area contributed by atoms with Crippen molar-refractivity contribution >= 4 is 34.3 Å². The minimum Gasteiger partial charge on any atom is -0.490 e. The number of carbonyl (C=O) groups is 1. The van der Waals surface area contributed by atoms with Crippen molar-refractivity contribution in [2.24, 2.45) is 5.10 Å². The minimum absolute atomic E-state index is 0.0991. The lowest BCUT2D eigenvalue weighted by atomic mass is 10.2. The van der Waals surface area contributed by atoms with Crippen LogP contribution in [0.25, 0.3) is 0 Å². The van der Waals surface area contributed by atoms with Crippen LogP contribution in [0, 0.1) is 17.0 Å². The van der Waals surface area contributed by atoms with E-state index in [1.807, 2.05) is 6.92 Å². The maximum absolute atomic E-state index is 11.6. The van der Waals surface area contributed by atoms with Crippen LogP contribution in [-0.2, 0) is 4.74 Å². The van der Waals surface area contributed by atoms with Gasteiger partial charge in [-0.2, -0.15) is 5.10 Å². The van der Waals surface area contributed by atoms with Gasteiger partial charge in [-0.1, -0.05) is 18.3 Å². The third kappa shape index (κ3) is 5.64. The van der Waals surface area contributed by atoms with E-state index in [2.05, 4.69) is 15.5 Å². The van der Waals surface area contributed by atoms with E-state index in [-0.39, 0.29) is 17.2 Å². The molecule has 11 heteroatoms. The summed E-state index contributed by atoms with van der Waals surface area (Å²) in [5, 5.41) is 15.9. The highest BCUT2D eigenvalue weighted by atomic mass is 32.1. The molecule has 1 aromatic carbocycles. The van der Waals surface area contributed by atoms with Gasteiger partial charge in [-0.25, -0.2) is 9.78 Å². The number of methoxy groups -OCH3 is 1. The molecule has 0 fully saturated rings. The smallest absolute Gasteiger partial charge is 0.350 e. The summed E-state index contributed by atoms with van der Waals surface area (Å²) in [5.41, 5.74) is 3.47. The zero-order chi connectivity index (χ0) is 21.4. The molecule has 1 N–H and O–H groups in total. The Morgan fingerprint density at radius 3 is 2.76 bits per heavy atom. The fourth-order valence-electron chi connectivity index (χ4n) is 2.32. The van der Waals surface area contributed by atoms with Crippen LogP contribution in [0.15, 0.2) is 17.2 Å². The standard InChI is InChI=1S/C18H22N4O6S/c1-5-7-28-15-13(22(24)25)8-12(9-14(15)27-6-2)10-19-21-18-20-11(3)16(29-18)17(23)26-4/h8-10H,5-7H2,1-4H3,(H,20,21)/b19-10-. The largest absolute Gasteiger partial charge is 0.490 e. The maximum Gasteiger partial charge on any atom is 0.350 e. The minimum atomic E-state index is -0.523. The lowest BCUT2D eigenvalue weighted by molar-refractivity contribution is -0.386. The Balaban J connectivity index is 2.27. The second-order valence-corrected chi connectivity index (χ2v) is 6.70. The van der Waals surface area contributed by atoms with E-state index in [0.717, 1.165) is 11.3 Å². The molecule has 0 atom stereocenters. The van der Waals surface area contributed by atoms with Gasteiger partial charge in [0, 0.05) is 11.6 Å². The van der Waals surface area contributed by atoms with Gasteiger partial charge in [-0.3, -0.25) is 15.5 Å². The molecule has 0 bridgehead atoms. The van der Waals surface area contributed by atoms with E-state index in [1.54, 1.807) is 19.9 Å². The zero-order valence-corrected chi connectivity index (χ0v) is 17.4. The maximum atomic E-state index is 11.6. The summed E-state index contributed by atoms with van der Waals surface area (Å²) in [5.74, 6) is -0.103. The van der Waals surface area contributed by atoms with E-state index >= 15 is 0 Å². The number of aromatic nitrogens is 1. The van der Waals surface area contributed by atoms with Gasteiger partial charge in [0.2, 0.25) is 10.9 Å². The Bertz CT molecular complexity index is 912. The molecule has 0 saturated heterocycles. The first-order valence-electron chi connectivity index (χ1n) is 8.84. The average Bonchev–Trinajstić information content (AvgIpc) is 3.06. The number of rotatable bonds is 10. The number of nitrogens with zero attached hydrogens (tertiary/aromatic N) is 3. The molecule has 1 heterocycles. The quantitative estimate of drug-likeness (QED) is 0.265. The number of aryl methyl sites for hydroxylation is 1. The molecule has 2 aromatic rings. The molecule has 0 aliphatic heterocycles. The summed E-state index contributed by atoms with van der Waals surface area (Å²) < 4.78 is 15.7. The van der Waals surface area contributed by atoms with E-state index in [1.165, 1.54) is 19.4 Å². The van der Waals surface area contributed by atoms with Gasteiger partial charge in [0.05, 0.1) is 37.2 Å². The zero-order valence-electron chi connectivity index (χ0n) is 16.6. The first-order chi connectivity index (χ1) is 13.9. The Labute approximate surface area is 171 Å². The van der Waals surface area contributed by atoms with Crippen molar-refractivity contribution in [3.05, 3.63) is 38.4 Å². The number of thiazole rings is 1. The molecule has 0 saturated carbocycles. The molecule has 0 aliphatic carbocycles. The third-order valence-corrected chi connectivity index (χ3v) is 4.59. The number of nitrogens with one attached hydrogen (secondary N) is 1. The molecule has 2 rings (SSSR count). The Morgan fingerprint density at radius 2 is 2.14 bits per heavy atom. The number of hydrogen-bond acceptors (Lipinski definition) is 10. The number of ether oxygens (including phenoxy) is 3. The number of benzene rings is 1. The summed E-state index contributed by atoms with van der Waals surface area (Å²) in [6.07, 6.45) is 2.10. The van der Waals surface area contributed by atoms with Gasteiger partial charge in [0.25, 0.3) is 0 Å². The van der Waals surface area contributed by atoms with Crippen LogP contribution < -0.4 is 14.9 Å². The fourth-order valence-corrected chi connectivity index (χ4v) is 3.15. The van der Waals surface area contributed by atoms with Crippen LogP contribution in [0.1, 0.15) is 41.2 Å². The van der Waals surface area contributed by atoms with E-state index in [9.17, 15) is 14.9 Å². The molecule has 1 aromatic heterocycles. The van der Waals surface area contributed by atoms with Crippen molar-refractivity contribution in [3.8, 4) is 11.5 Å². The predicted octanol–water partition coefficient (Wildman–Crippen LogP) is 3.78. The number of nitro benzene ring substituents is 1. The Morgan fingerprint density at radius 1 is 1.38 bits per heavy atom. The molecule has 156 valence electrons. The lowest BCUT2D eigenvalue weighted by Gasteiger charge is -2.12. The van der Waals surface area contributed by atoms with Crippen LogP contribution >= 0.6 is 11.3 Å². The summed E-state index contributed by atoms with van der Waals surface area (Å²) in [7, 11) is 1.30. The third-order valence-electron chi connectivity index (χ3n) is 3.55. The van der Waals surface area contributed by atoms with Crippen molar-refractivity contribution in [1.29, 1.82) is 0 Å². The van der Waals surface area contributed by atoms with Gasteiger partial charge in [-0.15, -0.1) is 0 Å². The van der Waals surface area contributed by atoms with Crippen LogP contribution in [-0.4, -0.2) is 42.4 Å². The monoisotopic (exact) mass is 422 g/mol. The van der Waals surface area contributed by atoms with Crippen molar-refractivity contribution in [2.75, 3.05) is 25.7 Å². The number of esters is 1. The molecule has 0 aliphatic rings. The second-order valence-electron chi connectivity index (χ2n) is 5.70. The summed E-state index contributed by atoms with van der Waals surface area (Å²) >= 11 is 1.09. The molecular formula is C18H22N4O6S. The average molecular weight is 422 g/mol. The normalized spacial score (nSPS) is 10.8. The Kier molecular flexibility index (Phi) is 7.89. The van der Waals surface area contributed by atoms with Crippen LogP contribution in [0.4, 0.5) is 10.8 Å². The number of hydrogen-bond donors (Lipinski definition) is 1. The summed E-state index contributed by atoms with van der Waals surface area (Å²) in [4.78, 5) is 27.2. The molecule has 0 radical (unpaired) electrons. The van der Waals surface area contributed by atoms with Crippen molar-refractivity contribution in [1.82, 2.24) is 4.98 Å². The number of anilines is 1. The van der Waals surface area contributed by atoms with E-state index < -0.39 is 10.9 Å². The molecule has 10 nitrogen and oxygen atoms in total. The number of hydrazone groups is 1. The van der Waals surface area contributed by atoms with Gasteiger partial charge < -0.3 is 14.2 Å². The topological polar surface area (TPSA) is 125 Å². The lowest BCUT2D eigenvalue weighted by Crippen LogP contribution is -2.04. The van der Waals surface area contributed by atoms with Gasteiger partial charge >= 0.3 is 11.7 Å². The molecule has 0 unspecified atom stereocenters. The van der Waals surface area contributed by atoms with Crippen LogP contribution in [0.2, 0.25) is 0 Å². The molecule has 0 spiro atoms. The predicted molar refractivity (Wildman–Crippen MR) is 109 cm³/mol. The van der Waals surface area contributed by atoms with Gasteiger partial charge in [0.1, 0.15) is 4.88 Å². The van der Waals surface area contributed by atoms with Crippen molar-refractivity contribution in [2.45, 2.75) is 27.2 Å². The van der Waals surface area contributed by atoms with Crippen LogP contribution in [0.3, 0.4) is 0 Å². The second kappa shape index (κ2) is 10.4.